The standard InChI is InChI=1S/C3H3N2S/c4-3-1-2-6-5-3/h2H,(H2,4,5). The third kappa shape index (κ3) is 0.490. The van der Waals surface area contributed by atoms with Gasteiger partial charge >= 0.3 is 0 Å². The Balaban J connectivity index is 3.05. The smallest absolute Gasteiger partial charge is 0.145 e. The van der Waals surface area contributed by atoms with Gasteiger partial charge in [-0.05, 0) is 11.5 Å². The Kier molecular flexibility index (Phi) is 0.759. The minimum absolute atomic E-state index is 0.486. The van der Waals surface area contributed by atoms with E-state index in [0.29, 0.717) is 5.82 Å². The average molecular weight is 99.1 g/mol. The van der Waals surface area contributed by atoms with Crippen LogP contribution in [0.1, 0.15) is 0 Å². The van der Waals surface area contributed by atoms with Gasteiger partial charge in [0.1, 0.15) is 5.82 Å². The fourth-order valence-corrected chi connectivity index (χ4v) is 0.589. The van der Waals surface area contributed by atoms with Crippen LogP contribution < -0.4 is 5.73 Å². The lowest BCUT2D eigenvalue weighted by atomic mass is 10.7. The van der Waals surface area contributed by atoms with Crippen molar-refractivity contribution in [3.63, 3.8) is 0 Å². The molecule has 1 aromatic heterocycles. The fraction of sp³-hybridized carbons (Fsp3) is 0. The van der Waals surface area contributed by atoms with Crippen molar-refractivity contribution in [2.75, 3.05) is 5.73 Å². The topological polar surface area (TPSA) is 38.9 Å². The molecule has 0 spiro atoms. The SMILES string of the molecule is Nc1[c]csn1. The van der Waals surface area contributed by atoms with E-state index in [0.717, 1.165) is 0 Å². The van der Waals surface area contributed by atoms with Crippen LogP contribution in [0.3, 0.4) is 0 Å². The number of hydrogen-bond acceptors (Lipinski definition) is 3. The fourth-order valence-electron chi connectivity index (χ4n) is 0.196. The van der Waals surface area contributed by atoms with Crippen LogP contribution in [0.4, 0.5) is 5.82 Å². The van der Waals surface area contributed by atoms with Crippen LogP contribution in [0.2, 0.25) is 0 Å². The largest absolute Gasteiger partial charge is 0.382 e. The van der Waals surface area contributed by atoms with Crippen LogP contribution in [-0.2, 0) is 0 Å². The van der Waals surface area contributed by atoms with Crippen molar-refractivity contribution in [1.82, 2.24) is 4.37 Å². The zero-order valence-corrected chi connectivity index (χ0v) is 3.83. The Morgan fingerprint density at radius 2 is 2.83 bits per heavy atom. The first-order valence-electron chi connectivity index (χ1n) is 1.47. The second kappa shape index (κ2) is 1.26. The van der Waals surface area contributed by atoms with E-state index in [2.05, 4.69) is 10.4 Å². The van der Waals surface area contributed by atoms with E-state index in [1.165, 1.54) is 11.5 Å². The molecule has 0 saturated heterocycles. The van der Waals surface area contributed by atoms with Gasteiger partial charge < -0.3 is 5.73 Å². The number of anilines is 1. The summed E-state index contributed by atoms with van der Waals surface area (Å²) in [6.07, 6.45) is 0. The highest BCUT2D eigenvalue weighted by Gasteiger charge is 1.78. The Morgan fingerprint density at radius 3 is 3.00 bits per heavy atom. The summed E-state index contributed by atoms with van der Waals surface area (Å²) in [5.74, 6) is 0.486. The number of nitrogens with two attached hydrogens (primary N) is 1. The van der Waals surface area contributed by atoms with Crippen LogP contribution in [-0.4, -0.2) is 4.37 Å². The lowest BCUT2D eigenvalue weighted by Crippen LogP contribution is -1.79. The van der Waals surface area contributed by atoms with Gasteiger partial charge in [-0.3, -0.25) is 0 Å². The molecule has 3 heteroatoms. The summed E-state index contributed by atoms with van der Waals surface area (Å²) >= 11 is 1.31. The van der Waals surface area contributed by atoms with E-state index in [1.807, 2.05) is 0 Å². The maximum absolute atomic E-state index is 5.12. The quantitative estimate of drug-likeness (QED) is 0.515. The Morgan fingerprint density at radius 1 is 2.00 bits per heavy atom. The molecule has 0 unspecified atom stereocenters. The Hall–Kier alpha value is -0.570. The van der Waals surface area contributed by atoms with Crippen molar-refractivity contribution in [2.24, 2.45) is 0 Å². The third-order valence-corrected chi connectivity index (χ3v) is 0.936. The van der Waals surface area contributed by atoms with Gasteiger partial charge in [0.05, 0.1) is 0 Å². The highest BCUT2D eigenvalue weighted by Crippen LogP contribution is 1.96. The summed E-state index contributed by atoms with van der Waals surface area (Å²) < 4.78 is 3.68. The predicted molar refractivity (Wildman–Crippen MR) is 25.4 cm³/mol. The molecule has 2 N–H and O–H groups in total. The van der Waals surface area contributed by atoms with E-state index >= 15 is 0 Å². The van der Waals surface area contributed by atoms with E-state index in [4.69, 9.17) is 5.73 Å². The minimum Gasteiger partial charge on any atom is -0.382 e. The zero-order chi connectivity index (χ0) is 4.41. The minimum atomic E-state index is 0.486. The van der Waals surface area contributed by atoms with Crippen LogP contribution in [0, 0.1) is 6.07 Å². The average Bonchev–Trinajstić information content (AvgIpc) is 1.86. The van der Waals surface area contributed by atoms with E-state index in [1.54, 1.807) is 5.38 Å². The maximum Gasteiger partial charge on any atom is 0.145 e. The Bertz CT molecular complexity index is 112. The normalized spacial score (nSPS) is 8.67. The second-order valence-electron chi connectivity index (χ2n) is 0.844. The molecule has 0 aliphatic carbocycles. The molecule has 0 atom stereocenters. The molecule has 1 heterocycles. The van der Waals surface area contributed by atoms with Crippen LogP contribution in [0.15, 0.2) is 5.38 Å². The van der Waals surface area contributed by atoms with Crippen molar-refractivity contribution in [3.8, 4) is 0 Å². The first kappa shape index (κ1) is 3.61. The molecule has 1 aromatic rings. The monoisotopic (exact) mass is 99.0 g/mol. The number of rotatable bonds is 0. The van der Waals surface area contributed by atoms with Crippen LogP contribution in [0.5, 0.6) is 0 Å². The molecule has 2 nitrogen and oxygen atoms in total. The molecule has 31 valence electrons. The molecule has 0 saturated carbocycles. The Labute approximate surface area is 39.8 Å². The van der Waals surface area contributed by atoms with Gasteiger partial charge in [-0.15, -0.1) is 0 Å². The van der Waals surface area contributed by atoms with Gasteiger partial charge in [0, 0.05) is 11.4 Å². The molecule has 0 aromatic carbocycles. The summed E-state index contributed by atoms with van der Waals surface area (Å²) in [6, 6.07) is 2.69. The summed E-state index contributed by atoms with van der Waals surface area (Å²) in [7, 11) is 0. The third-order valence-electron chi connectivity index (χ3n) is 0.411. The summed E-state index contributed by atoms with van der Waals surface area (Å²) in [5.41, 5.74) is 5.12. The first-order valence-corrected chi connectivity index (χ1v) is 2.31. The first-order chi connectivity index (χ1) is 2.89. The predicted octanol–water partition coefficient (Wildman–Crippen LogP) is 0.525. The molecule has 0 aliphatic heterocycles. The number of nitrogen functional groups attached to an aromatic ring is 1. The van der Waals surface area contributed by atoms with Crippen molar-refractivity contribution in [2.45, 2.75) is 0 Å². The molecule has 0 bridgehead atoms. The molecule has 0 amide bonds. The number of aromatic nitrogens is 1. The molecular weight excluding hydrogens is 96.1 g/mol. The van der Waals surface area contributed by atoms with Gasteiger partial charge in [-0.2, -0.15) is 4.37 Å². The zero-order valence-electron chi connectivity index (χ0n) is 3.01. The van der Waals surface area contributed by atoms with Crippen molar-refractivity contribution >= 4 is 17.4 Å². The summed E-state index contributed by atoms with van der Waals surface area (Å²) in [4.78, 5) is 0. The van der Waals surface area contributed by atoms with Gasteiger partial charge in [-0.1, -0.05) is 0 Å². The second-order valence-corrected chi connectivity index (χ2v) is 1.47. The van der Waals surface area contributed by atoms with E-state index in [9.17, 15) is 0 Å². The van der Waals surface area contributed by atoms with Crippen LogP contribution >= 0.6 is 11.5 Å². The van der Waals surface area contributed by atoms with E-state index < -0.39 is 0 Å². The summed E-state index contributed by atoms with van der Waals surface area (Å²) in [6.45, 7) is 0. The van der Waals surface area contributed by atoms with E-state index in [-0.39, 0.29) is 0 Å². The van der Waals surface area contributed by atoms with Crippen molar-refractivity contribution in [3.05, 3.63) is 11.4 Å². The lowest BCUT2D eigenvalue weighted by Gasteiger charge is -1.66. The number of nitrogens with zero attached hydrogens (tertiary/aromatic N) is 1. The van der Waals surface area contributed by atoms with Crippen molar-refractivity contribution < 1.29 is 0 Å². The maximum atomic E-state index is 5.12. The van der Waals surface area contributed by atoms with Gasteiger partial charge in [0.2, 0.25) is 0 Å². The van der Waals surface area contributed by atoms with Crippen LogP contribution in [0.25, 0.3) is 0 Å². The molecular formula is C3H3N2S. The number of hydrogen-bond donors (Lipinski definition) is 1. The highest BCUT2D eigenvalue weighted by atomic mass is 32.1. The van der Waals surface area contributed by atoms with Crippen molar-refractivity contribution in [1.29, 1.82) is 0 Å². The molecule has 0 aliphatic rings. The molecule has 0 fully saturated rings. The molecule has 1 rings (SSSR count). The molecule has 6 heavy (non-hydrogen) atoms. The van der Waals surface area contributed by atoms with Gasteiger partial charge in [0.15, 0.2) is 0 Å². The molecule has 1 radical (unpaired) electrons. The summed E-state index contributed by atoms with van der Waals surface area (Å²) in [5, 5.41) is 1.72. The highest BCUT2D eigenvalue weighted by molar-refractivity contribution is 7.03. The lowest BCUT2D eigenvalue weighted by molar-refractivity contribution is 1.56. The van der Waals surface area contributed by atoms with Gasteiger partial charge in [0.25, 0.3) is 0 Å². The van der Waals surface area contributed by atoms with Gasteiger partial charge in [-0.25, -0.2) is 0 Å².